The first-order chi connectivity index (χ1) is 11.0. The first-order valence-corrected chi connectivity index (χ1v) is 7.39. The van der Waals surface area contributed by atoms with E-state index in [-0.39, 0.29) is 11.2 Å². The van der Waals surface area contributed by atoms with Crippen molar-refractivity contribution in [1.82, 2.24) is 14.1 Å². The fourth-order valence-electron chi connectivity index (χ4n) is 2.41. The van der Waals surface area contributed by atoms with Crippen molar-refractivity contribution in [3.63, 3.8) is 0 Å². The summed E-state index contributed by atoms with van der Waals surface area (Å²) in [6.45, 7) is 0.341. The number of aromatic nitrogens is 3. The zero-order valence-electron chi connectivity index (χ0n) is 12.7. The summed E-state index contributed by atoms with van der Waals surface area (Å²) in [5, 5.41) is 4.74. The predicted octanol–water partition coefficient (Wildman–Crippen LogP) is 1.90. The quantitative estimate of drug-likeness (QED) is 0.796. The van der Waals surface area contributed by atoms with Gasteiger partial charge in [0.05, 0.1) is 12.1 Å². The third-order valence-electron chi connectivity index (χ3n) is 3.79. The molecule has 0 radical (unpaired) electrons. The Morgan fingerprint density at radius 2 is 1.91 bits per heavy atom. The third kappa shape index (κ3) is 2.85. The normalized spacial score (nSPS) is 10.9. The van der Waals surface area contributed by atoms with Crippen molar-refractivity contribution >= 4 is 28.2 Å². The van der Waals surface area contributed by atoms with Crippen LogP contribution in [-0.4, -0.2) is 14.1 Å². The minimum Gasteiger partial charge on any atom is -0.379 e. The number of hydrogen-bond acceptors (Lipinski definition) is 4. The topological polar surface area (TPSA) is 68.9 Å². The summed E-state index contributed by atoms with van der Waals surface area (Å²) in [7, 11) is 3.10. The van der Waals surface area contributed by atoms with E-state index in [0.717, 1.165) is 21.2 Å². The highest BCUT2D eigenvalue weighted by Crippen LogP contribution is 2.25. The molecule has 7 heteroatoms. The van der Waals surface area contributed by atoms with Gasteiger partial charge >= 0.3 is 5.69 Å². The number of rotatable bonds is 3. The number of fused-ring (bicyclic) bond motifs is 1. The van der Waals surface area contributed by atoms with Gasteiger partial charge in [-0.1, -0.05) is 11.6 Å². The molecule has 1 aromatic carbocycles. The fourth-order valence-corrected chi connectivity index (χ4v) is 2.58. The summed E-state index contributed by atoms with van der Waals surface area (Å²) in [6, 6.07) is 8.74. The van der Waals surface area contributed by atoms with Crippen molar-refractivity contribution in [1.29, 1.82) is 0 Å². The van der Waals surface area contributed by atoms with Gasteiger partial charge in [0.25, 0.3) is 5.56 Å². The van der Waals surface area contributed by atoms with E-state index in [4.69, 9.17) is 11.6 Å². The molecule has 0 aliphatic carbocycles. The summed E-state index contributed by atoms with van der Waals surface area (Å²) in [6.07, 6.45) is 1.70. The lowest BCUT2D eigenvalue weighted by Gasteiger charge is -2.13. The monoisotopic (exact) mass is 330 g/mol. The van der Waals surface area contributed by atoms with Crippen LogP contribution in [0.3, 0.4) is 0 Å². The second-order valence-electron chi connectivity index (χ2n) is 5.25. The molecule has 0 saturated heterocycles. The van der Waals surface area contributed by atoms with Gasteiger partial charge in [-0.2, -0.15) is 0 Å². The Labute approximate surface area is 137 Å². The van der Waals surface area contributed by atoms with Crippen LogP contribution in [0.25, 0.3) is 10.9 Å². The summed E-state index contributed by atoms with van der Waals surface area (Å²) >= 11 is 6.05. The first kappa shape index (κ1) is 15.3. The summed E-state index contributed by atoms with van der Waals surface area (Å²) < 4.78 is 2.52. The molecule has 0 unspecified atom stereocenters. The lowest BCUT2D eigenvalue weighted by Crippen LogP contribution is -2.38. The van der Waals surface area contributed by atoms with Crippen LogP contribution in [0, 0.1) is 0 Å². The van der Waals surface area contributed by atoms with Crippen molar-refractivity contribution in [3.05, 3.63) is 68.1 Å². The van der Waals surface area contributed by atoms with Crippen LogP contribution < -0.4 is 16.6 Å². The molecule has 118 valence electrons. The van der Waals surface area contributed by atoms with E-state index in [9.17, 15) is 9.59 Å². The van der Waals surface area contributed by atoms with Crippen LogP contribution in [0.4, 0.5) is 5.69 Å². The van der Waals surface area contributed by atoms with E-state index in [1.807, 2.05) is 18.2 Å². The molecule has 0 amide bonds. The van der Waals surface area contributed by atoms with Gasteiger partial charge in [-0.15, -0.1) is 0 Å². The Bertz CT molecular complexity index is 1010. The molecule has 3 rings (SSSR count). The molecular weight excluding hydrogens is 316 g/mol. The molecule has 3 aromatic rings. The van der Waals surface area contributed by atoms with E-state index < -0.39 is 0 Å². The number of pyridine rings is 1. The predicted molar refractivity (Wildman–Crippen MR) is 91.0 cm³/mol. The zero-order chi connectivity index (χ0) is 16.6. The van der Waals surface area contributed by atoms with Crippen LogP contribution in [-0.2, 0) is 20.6 Å². The second-order valence-corrected chi connectivity index (χ2v) is 5.68. The average molecular weight is 331 g/mol. The van der Waals surface area contributed by atoms with E-state index in [0.29, 0.717) is 17.3 Å². The van der Waals surface area contributed by atoms with Gasteiger partial charge in [-0.25, -0.2) is 4.79 Å². The van der Waals surface area contributed by atoms with Gasteiger partial charge in [0.1, 0.15) is 0 Å². The maximum absolute atomic E-state index is 11.9. The molecule has 0 aliphatic rings. The van der Waals surface area contributed by atoms with Crippen molar-refractivity contribution in [2.45, 2.75) is 6.54 Å². The number of anilines is 1. The Morgan fingerprint density at radius 1 is 1.13 bits per heavy atom. The molecule has 0 spiro atoms. The van der Waals surface area contributed by atoms with Crippen LogP contribution in [0.2, 0.25) is 5.02 Å². The van der Waals surface area contributed by atoms with Gasteiger partial charge in [0, 0.05) is 48.1 Å². The first-order valence-electron chi connectivity index (χ1n) is 7.01. The van der Waals surface area contributed by atoms with Gasteiger partial charge < -0.3 is 5.32 Å². The Balaban J connectivity index is 1.97. The molecular formula is C16H15ClN4O2. The van der Waals surface area contributed by atoms with Crippen molar-refractivity contribution < 1.29 is 0 Å². The summed E-state index contributed by atoms with van der Waals surface area (Å²) in [4.78, 5) is 28.0. The minimum atomic E-state index is -0.350. The molecule has 23 heavy (non-hydrogen) atoms. The van der Waals surface area contributed by atoms with E-state index in [2.05, 4.69) is 10.3 Å². The highest BCUT2D eigenvalue weighted by atomic mass is 35.5. The average Bonchev–Trinajstić information content (AvgIpc) is 2.55. The fraction of sp³-hybridized carbons (Fsp3) is 0.188. The molecule has 0 fully saturated rings. The number of halogens is 1. The SMILES string of the molecule is Cn1c(CNc2ccnc3ccc(Cl)cc23)cc(=O)n(C)c1=O. The molecule has 0 saturated carbocycles. The molecule has 0 bridgehead atoms. The standard InChI is InChI=1S/C16H15ClN4O2/c1-20-11(8-15(22)21(2)16(20)23)9-19-14-5-6-18-13-4-3-10(17)7-12(13)14/h3-8H,9H2,1-2H3,(H,18,19). The smallest absolute Gasteiger partial charge is 0.330 e. The maximum atomic E-state index is 11.9. The van der Waals surface area contributed by atoms with Gasteiger partial charge in [-0.05, 0) is 24.3 Å². The number of nitrogens with zero attached hydrogens (tertiary/aromatic N) is 3. The highest BCUT2D eigenvalue weighted by molar-refractivity contribution is 6.31. The van der Waals surface area contributed by atoms with Gasteiger partial charge in [-0.3, -0.25) is 18.9 Å². The van der Waals surface area contributed by atoms with Crippen LogP contribution >= 0.6 is 11.6 Å². The summed E-state index contributed by atoms with van der Waals surface area (Å²) in [5.74, 6) is 0. The van der Waals surface area contributed by atoms with E-state index in [1.165, 1.54) is 17.7 Å². The van der Waals surface area contributed by atoms with E-state index >= 15 is 0 Å². The Morgan fingerprint density at radius 3 is 2.70 bits per heavy atom. The molecule has 0 atom stereocenters. The van der Waals surface area contributed by atoms with Crippen molar-refractivity contribution in [2.75, 3.05) is 5.32 Å². The van der Waals surface area contributed by atoms with Crippen LogP contribution in [0.1, 0.15) is 5.69 Å². The number of benzene rings is 1. The maximum Gasteiger partial charge on any atom is 0.330 e. The van der Waals surface area contributed by atoms with Gasteiger partial charge in [0.2, 0.25) is 0 Å². The Hall–Kier alpha value is -2.60. The summed E-state index contributed by atoms with van der Waals surface area (Å²) in [5.41, 5.74) is 1.58. The molecule has 2 aromatic heterocycles. The molecule has 1 N–H and O–H groups in total. The van der Waals surface area contributed by atoms with Crippen molar-refractivity contribution in [3.8, 4) is 0 Å². The van der Waals surface area contributed by atoms with Crippen LogP contribution in [0.15, 0.2) is 46.1 Å². The molecule has 6 nitrogen and oxygen atoms in total. The minimum absolute atomic E-state index is 0.326. The molecule has 2 heterocycles. The number of hydrogen-bond donors (Lipinski definition) is 1. The number of nitrogens with one attached hydrogen (secondary N) is 1. The second kappa shape index (κ2) is 5.89. The van der Waals surface area contributed by atoms with E-state index in [1.54, 1.807) is 19.3 Å². The van der Waals surface area contributed by atoms with Gasteiger partial charge in [0.15, 0.2) is 0 Å². The largest absolute Gasteiger partial charge is 0.379 e. The lowest BCUT2D eigenvalue weighted by molar-refractivity contribution is 0.655. The lowest BCUT2D eigenvalue weighted by atomic mass is 10.2. The van der Waals surface area contributed by atoms with Crippen molar-refractivity contribution in [2.24, 2.45) is 14.1 Å². The zero-order valence-corrected chi connectivity index (χ0v) is 13.5. The molecule has 0 aliphatic heterocycles. The highest BCUT2D eigenvalue weighted by Gasteiger charge is 2.07. The Kier molecular flexibility index (Phi) is 3.92. The van der Waals surface area contributed by atoms with Crippen LogP contribution in [0.5, 0.6) is 0 Å². The third-order valence-corrected chi connectivity index (χ3v) is 4.02.